The van der Waals surface area contributed by atoms with Gasteiger partial charge in [-0.25, -0.2) is 8.78 Å². The second-order valence-corrected chi connectivity index (χ2v) is 5.27. The monoisotopic (exact) mass is 275 g/mol. The van der Waals surface area contributed by atoms with Crippen LogP contribution in [0.1, 0.15) is 33.9 Å². The van der Waals surface area contributed by atoms with Crippen LogP contribution in [0, 0.1) is 32.4 Å². The van der Waals surface area contributed by atoms with Crippen molar-refractivity contribution in [1.82, 2.24) is 0 Å². The van der Waals surface area contributed by atoms with Crippen molar-refractivity contribution in [2.24, 2.45) is 5.73 Å². The standard InChI is InChI=1S/C17H19F2N/c1-10-5-4-6-11(2)13(10)9-15(20)16-14(18)8-7-12(3)17(16)19/h4-8,15H,9,20H2,1-3H3. The Labute approximate surface area is 118 Å². The first-order chi connectivity index (χ1) is 9.41. The van der Waals surface area contributed by atoms with Gasteiger partial charge in [0.1, 0.15) is 11.6 Å². The van der Waals surface area contributed by atoms with Gasteiger partial charge in [-0.05, 0) is 55.5 Å². The highest BCUT2D eigenvalue weighted by Gasteiger charge is 2.19. The summed E-state index contributed by atoms with van der Waals surface area (Å²) in [6.07, 6.45) is 0.426. The average Bonchev–Trinajstić information content (AvgIpc) is 2.39. The summed E-state index contributed by atoms with van der Waals surface area (Å²) in [6, 6.07) is 7.96. The highest BCUT2D eigenvalue weighted by molar-refractivity contribution is 5.36. The van der Waals surface area contributed by atoms with Crippen molar-refractivity contribution in [2.75, 3.05) is 0 Å². The average molecular weight is 275 g/mol. The van der Waals surface area contributed by atoms with Gasteiger partial charge in [-0.1, -0.05) is 24.3 Å². The van der Waals surface area contributed by atoms with Gasteiger partial charge in [-0.2, -0.15) is 0 Å². The fourth-order valence-corrected chi connectivity index (χ4v) is 2.51. The number of hydrogen-bond acceptors (Lipinski definition) is 1. The minimum Gasteiger partial charge on any atom is -0.323 e. The van der Waals surface area contributed by atoms with Crippen LogP contribution in [0.25, 0.3) is 0 Å². The Hall–Kier alpha value is -1.74. The molecule has 0 amide bonds. The molecular weight excluding hydrogens is 256 g/mol. The summed E-state index contributed by atoms with van der Waals surface area (Å²) >= 11 is 0. The second-order valence-electron chi connectivity index (χ2n) is 5.27. The van der Waals surface area contributed by atoms with E-state index in [1.54, 1.807) is 6.92 Å². The van der Waals surface area contributed by atoms with E-state index in [0.29, 0.717) is 12.0 Å². The Bertz CT molecular complexity index is 615. The summed E-state index contributed by atoms with van der Waals surface area (Å²) in [6.45, 7) is 5.58. The molecule has 0 aliphatic carbocycles. The molecule has 0 aromatic heterocycles. The van der Waals surface area contributed by atoms with Crippen LogP contribution >= 0.6 is 0 Å². The summed E-state index contributed by atoms with van der Waals surface area (Å²) in [5.74, 6) is -1.12. The molecule has 1 atom stereocenters. The van der Waals surface area contributed by atoms with Crippen LogP contribution in [0.4, 0.5) is 8.78 Å². The third-order valence-corrected chi connectivity index (χ3v) is 3.76. The number of hydrogen-bond donors (Lipinski definition) is 1. The molecule has 0 aliphatic rings. The van der Waals surface area contributed by atoms with Crippen LogP contribution in [0.2, 0.25) is 0 Å². The number of aryl methyl sites for hydroxylation is 3. The molecule has 0 bridgehead atoms. The molecule has 0 spiro atoms. The molecule has 1 nitrogen and oxygen atoms in total. The van der Waals surface area contributed by atoms with Gasteiger partial charge >= 0.3 is 0 Å². The minimum atomic E-state index is -0.685. The van der Waals surface area contributed by atoms with Crippen molar-refractivity contribution in [3.8, 4) is 0 Å². The highest BCUT2D eigenvalue weighted by Crippen LogP contribution is 2.26. The number of rotatable bonds is 3. The third-order valence-electron chi connectivity index (χ3n) is 3.76. The Morgan fingerprint density at radius 1 is 0.950 bits per heavy atom. The first-order valence-corrected chi connectivity index (χ1v) is 6.67. The van der Waals surface area contributed by atoms with Crippen molar-refractivity contribution in [3.63, 3.8) is 0 Å². The van der Waals surface area contributed by atoms with Crippen LogP contribution in [0.15, 0.2) is 30.3 Å². The smallest absolute Gasteiger partial charge is 0.133 e. The highest BCUT2D eigenvalue weighted by atomic mass is 19.1. The molecule has 0 fully saturated rings. The maximum Gasteiger partial charge on any atom is 0.133 e. The summed E-state index contributed by atoms with van der Waals surface area (Å²) < 4.78 is 28.0. The summed E-state index contributed by atoms with van der Waals surface area (Å²) in [5, 5.41) is 0. The lowest BCUT2D eigenvalue weighted by atomic mass is 9.92. The van der Waals surface area contributed by atoms with Crippen molar-refractivity contribution < 1.29 is 8.78 Å². The molecule has 0 heterocycles. The van der Waals surface area contributed by atoms with Crippen molar-refractivity contribution in [3.05, 3.63) is 69.8 Å². The lowest BCUT2D eigenvalue weighted by Crippen LogP contribution is -2.18. The Morgan fingerprint density at radius 2 is 1.55 bits per heavy atom. The molecule has 1 unspecified atom stereocenters. The lowest BCUT2D eigenvalue weighted by Gasteiger charge is -2.18. The Kier molecular flexibility index (Phi) is 4.19. The molecule has 20 heavy (non-hydrogen) atoms. The maximum absolute atomic E-state index is 14.1. The van der Waals surface area contributed by atoms with Crippen LogP contribution in [-0.2, 0) is 6.42 Å². The lowest BCUT2D eigenvalue weighted by molar-refractivity contribution is 0.519. The molecule has 0 saturated heterocycles. The molecular formula is C17H19F2N. The van der Waals surface area contributed by atoms with Gasteiger partial charge in [-0.15, -0.1) is 0 Å². The molecule has 0 saturated carbocycles. The van der Waals surface area contributed by atoms with Gasteiger partial charge in [-0.3, -0.25) is 0 Å². The SMILES string of the molecule is Cc1ccc(F)c(C(N)Cc2c(C)cccc2C)c1F. The Balaban J connectivity index is 2.38. The third kappa shape index (κ3) is 2.73. The van der Waals surface area contributed by atoms with E-state index in [9.17, 15) is 8.78 Å². The Morgan fingerprint density at radius 3 is 2.15 bits per heavy atom. The van der Waals surface area contributed by atoms with Crippen molar-refractivity contribution >= 4 is 0 Å². The normalized spacial score (nSPS) is 12.5. The van der Waals surface area contributed by atoms with E-state index in [4.69, 9.17) is 5.73 Å². The van der Waals surface area contributed by atoms with E-state index in [0.717, 1.165) is 16.7 Å². The number of halogens is 2. The summed E-state index contributed by atoms with van der Waals surface area (Å²) in [7, 11) is 0. The topological polar surface area (TPSA) is 26.0 Å². The molecule has 2 rings (SSSR count). The quantitative estimate of drug-likeness (QED) is 0.895. The summed E-state index contributed by atoms with van der Waals surface area (Å²) in [5.41, 5.74) is 9.69. The van der Waals surface area contributed by atoms with Gasteiger partial charge in [0.2, 0.25) is 0 Å². The van der Waals surface area contributed by atoms with Gasteiger partial charge in [0.25, 0.3) is 0 Å². The molecule has 2 N–H and O–H groups in total. The molecule has 3 heteroatoms. The van der Waals surface area contributed by atoms with E-state index in [1.165, 1.54) is 12.1 Å². The van der Waals surface area contributed by atoms with Gasteiger partial charge in [0.15, 0.2) is 0 Å². The maximum atomic E-state index is 14.1. The van der Waals surface area contributed by atoms with E-state index in [2.05, 4.69) is 0 Å². The molecule has 0 radical (unpaired) electrons. The van der Waals surface area contributed by atoms with E-state index >= 15 is 0 Å². The van der Waals surface area contributed by atoms with E-state index in [-0.39, 0.29) is 5.56 Å². The fraction of sp³-hybridized carbons (Fsp3) is 0.294. The van der Waals surface area contributed by atoms with E-state index < -0.39 is 17.7 Å². The minimum absolute atomic E-state index is 0.0207. The molecule has 2 aromatic carbocycles. The molecule has 0 aliphatic heterocycles. The van der Waals surface area contributed by atoms with Crippen LogP contribution < -0.4 is 5.73 Å². The zero-order valence-electron chi connectivity index (χ0n) is 12.0. The fourth-order valence-electron chi connectivity index (χ4n) is 2.51. The van der Waals surface area contributed by atoms with Crippen LogP contribution in [0.5, 0.6) is 0 Å². The van der Waals surface area contributed by atoms with Gasteiger partial charge in [0, 0.05) is 11.6 Å². The van der Waals surface area contributed by atoms with Crippen LogP contribution in [-0.4, -0.2) is 0 Å². The predicted molar refractivity (Wildman–Crippen MR) is 77.6 cm³/mol. The van der Waals surface area contributed by atoms with Gasteiger partial charge in [0.05, 0.1) is 0 Å². The number of nitrogens with two attached hydrogens (primary N) is 1. The largest absolute Gasteiger partial charge is 0.323 e. The molecule has 106 valence electrons. The molecule has 2 aromatic rings. The van der Waals surface area contributed by atoms with Crippen molar-refractivity contribution in [1.29, 1.82) is 0 Å². The second kappa shape index (κ2) is 5.71. The zero-order valence-corrected chi connectivity index (χ0v) is 12.0. The predicted octanol–water partition coefficient (Wildman–Crippen LogP) is 4.13. The number of benzene rings is 2. The zero-order chi connectivity index (χ0) is 14.9. The van der Waals surface area contributed by atoms with Gasteiger partial charge < -0.3 is 5.73 Å². The van der Waals surface area contributed by atoms with E-state index in [1.807, 2.05) is 32.0 Å². The van der Waals surface area contributed by atoms with Crippen molar-refractivity contribution in [2.45, 2.75) is 33.2 Å². The first-order valence-electron chi connectivity index (χ1n) is 6.67. The first kappa shape index (κ1) is 14.7. The summed E-state index contributed by atoms with van der Waals surface area (Å²) in [4.78, 5) is 0. The van der Waals surface area contributed by atoms with Crippen LogP contribution in [0.3, 0.4) is 0 Å².